The molecule has 1 unspecified atom stereocenters. The van der Waals surface area contributed by atoms with E-state index < -0.39 is 0 Å². The van der Waals surface area contributed by atoms with Crippen LogP contribution in [0.3, 0.4) is 0 Å². The quantitative estimate of drug-likeness (QED) is 0.783. The number of nitrogens with zero attached hydrogens (tertiary/aromatic N) is 1. The molecule has 2 aromatic carbocycles. The third kappa shape index (κ3) is 3.47. The van der Waals surface area contributed by atoms with Gasteiger partial charge in [0.25, 0.3) is 0 Å². The van der Waals surface area contributed by atoms with E-state index in [1.807, 2.05) is 0 Å². The van der Waals surface area contributed by atoms with E-state index in [4.69, 9.17) is 23.2 Å². The standard InChI is InChI=1S/C15H10Cl2FN/c16-14-5-4-11(8-15(14)17)12(9-19)6-10-2-1-3-13(18)7-10/h1-5,7-8,12H,6H2. The lowest BCUT2D eigenvalue weighted by Gasteiger charge is -2.10. The average molecular weight is 294 g/mol. The van der Waals surface area contributed by atoms with Crippen molar-refractivity contribution in [2.75, 3.05) is 0 Å². The van der Waals surface area contributed by atoms with Crippen LogP contribution in [-0.2, 0) is 6.42 Å². The molecule has 0 N–H and O–H groups in total. The molecule has 0 aliphatic rings. The highest BCUT2D eigenvalue weighted by Gasteiger charge is 2.13. The normalized spacial score (nSPS) is 11.9. The van der Waals surface area contributed by atoms with Crippen molar-refractivity contribution < 1.29 is 4.39 Å². The molecule has 4 heteroatoms. The van der Waals surface area contributed by atoms with Gasteiger partial charge in [-0.05, 0) is 41.8 Å². The van der Waals surface area contributed by atoms with Gasteiger partial charge in [0.05, 0.1) is 22.0 Å². The Bertz CT molecular complexity index is 634. The van der Waals surface area contributed by atoms with Crippen LogP contribution in [0, 0.1) is 17.1 Å². The minimum Gasteiger partial charge on any atom is -0.207 e. The van der Waals surface area contributed by atoms with Crippen LogP contribution in [0.25, 0.3) is 0 Å². The molecule has 0 heterocycles. The van der Waals surface area contributed by atoms with Crippen molar-refractivity contribution in [3.63, 3.8) is 0 Å². The second-order valence-corrected chi connectivity index (χ2v) is 5.00. The highest BCUT2D eigenvalue weighted by molar-refractivity contribution is 6.42. The molecule has 0 aromatic heterocycles. The molecule has 2 rings (SSSR count). The van der Waals surface area contributed by atoms with Crippen LogP contribution in [0.4, 0.5) is 4.39 Å². The van der Waals surface area contributed by atoms with Crippen LogP contribution in [0.2, 0.25) is 10.0 Å². The molecule has 96 valence electrons. The van der Waals surface area contributed by atoms with Gasteiger partial charge in [-0.25, -0.2) is 4.39 Å². The molecule has 0 fully saturated rings. The molecule has 1 atom stereocenters. The van der Waals surface area contributed by atoms with E-state index in [-0.39, 0.29) is 11.7 Å². The fourth-order valence-corrected chi connectivity index (χ4v) is 2.17. The third-order valence-electron chi connectivity index (χ3n) is 2.83. The third-order valence-corrected chi connectivity index (χ3v) is 3.57. The summed E-state index contributed by atoms with van der Waals surface area (Å²) in [6, 6.07) is 13.6. The molecule has 1 nitrogen and oxygen atoms in total. The molecule has 0 radical (unpaired) electrons. The zero-order valence-corrected chi connectivity index (χ0v) is 11.4. The Morgan fingerprint density at radius 1 is 1.11 bits per heavy atom. The summed E-state index contributed by atoms with van der Waals surface area (Å²) in [6.45, 7) is 0. The lowest BCUT2D eigenvalue weighted by molar-refractivity contribution is 0.624. The molecule has 0 aliphatic carbocycles. The zero-order chi connectivity index (χ0) is 13.8. The van der Waals surface area contributed by atoms with Crippen LogP contribution < -0.4 is 0 Å². The Kier molecular flexibility index (Phi) is 4.42. The predicted octanol–water partition coefficient (Wildman–Crippen LogP) is 4.98. The molecule has 0 saturated carbocycles. The van der Waals surface area contributed by atoms with Gasteiger partial charge >= 0.3 is 0 Å². The Morgan fingerprint density at radius 3 is 2.53 bits per heavy atom. The Balaban J connectivity index is 2.25. The molecule has 19 heavy (non-hydrogen) atoms. The molecule has 0 saturated heterocycles. The van der Waals surface area contributed by atoms with Crippen molar-refractivity contribution in [2.24, 2.45) is 0 Å². The lowest BCUT2D eigenvalue weighted by Crippen LogP contribution is -2.01. The van der Waals surface area contributed by atoms with Gasteiger partial charge in [0.1, 0.15) is 5.82 Å². The minimum absolute atomic E-state index is 0.302. The smallest absolute Gasteiger partial charge is 0.123 e. The highest BCUT2D eigenvalue weighted by atomic mass is 35.5. The van der Waals surface area contributed by atoms with Gasteiger partial charge in [-0.15, -0.1) is 0 Å². The number of halogens is 3. The summed E-state index contributed by atoms with van der Waals surface area (Å²) in [5.74, 6) is -0.681. The van der Waals surface area contributed by atoms with Crippen molar-refractivity contribution in [3.8, 4) is 6.07 Å². The van der Waals surface area contributed by atoms with Gasteiger partial charge in [-0.1, -0.05) is 41.4 Å². The number of benzene rings is 2. The fraction of sp³-hybridized carbons (Fsp3) is 0.133. The maximum absolute atomic E-state index is 13.1. The van der Waals surface area contributed by atoms with E-state index in [9.17, 15) is 9.65 Å². The molecular formula is C15H10Cl2FN. The van der Waals surface area contributed by atoms with Crippen molar-refractivity contribution in [2.45, 2.75) is 12.3 Å². The van der Waals surface area contributed by atoms with E-state index in [1.165, 1.54) is 12.1 Å². The Hall–Kier alpha value is -1.56. The number of rotatable bonds is 3. The molecular weight excluding hydrogens is 284 g/mol. The van der Waals surface area contributed by atoms with Gasteiger partial charge in [-0.2, -0.15) is 5.26 Å². The summed E-state index contributed by atoms with van der Waals surface area (Å²) in [5, 5.41) is 10.1. The second kappa shape index (κ2) is 6.06. The summed E-state index contributed by atoms with van der Waals surface area (Å²) in [4.78, 5) is 0. The first-order valence-corrected chi connectivity index (χ1v) is 6.45. The van der Waals surface area contributed by atoms with E-state index in [1.54, 1.807) is 30.3 Å². The monoisotopic (exact) mass is 293 g/mol. The average Bonchev–Trinajstić information content (AvgIpc) is 2.39. The van der Waals surface area contributed by atoms with Crippen LogP contribution in [0.1, 0.15) is 17.0 Å². The predicted molar refractivity (Wildman–Crippen MR) is 74.9 cm³/mol. The van der Waals surface area contributed by atoms with Crippen LogP contribution in [-0.4, -0.2) is 0 Å². The van der Waals surface area contributed by atoms with E-state index in [0.717, 1.165) is 11.1 Å². The summed E-state index contributed by atoms with van der Waals surface area (Å²) >= 11 is 11.8. The van der Waals surface area contributed by atoms with E-state index in [0.29, 0.717) is 16.5 Å². The fourth-order valence-electron chi connectivity index (χ4n) is 1.87. The number of hydrogen-bond acceptors (Lipinski definition) is 1. The van der Waals surface area contributed by atoms with E-state index >= 15 is 0 Å². The number of hydrogen-bond donors (Lipinski definition) is 0. The van der Waals surface area contributed by atoms with Crippen molar-refractivity contribution >= 4 is 23.2 Å². The maximum atomic E-state index is 13.1. The molecule has 0 amide bonds. The first kappa shape index (κ1) is 13.9. The van der Waals surface area contributed by atoms with Gasteiger partial charge in [-0.3, -0.25) is 0 Å². The SMILES string of the molecule is N#CC(Cc1cccc(F)c1)c1ccc(Cl)c(Cl)c1. The first-order valence-electron chi connectivity index (χ1n) is 5.69. The van der Waals surface area contributed by atoms with Crippen LogP contribution >= 0.6 is 23.2 Å². The summed E-state index contributed by atoms with van der Waals surface area (Å²) in [5.41, 5.74) is 1.55. The van der Waals surface area contributed by atoms with Gasteiger partial charge in [0.2, 0.25) is 0 Å². The van der Waals surface area contributed by atoms with Gasteiger partial charge in [0, 0.05) is 0 Å². The van der Waals surface area contributed by atoms with Crippen molar-refractivity contribution in [1.82, 2.24) is 0 Å². The maximum Gasteiger partial charge on any atom is 0.123 e. The van der Waals surface area contributed by atoms with Crippen LogP contribution in [0.15, 0.2) is 42.5 Å². The minimum atomic E-state index is -0.378. The summed E-state index contributed by atoms with van der Waals surface area (Å²) < 4.78 is 13.1. The number of nitriles is 1. The van der Waals surface area contributed by atoms with Gasteiger partial charge < -0.3 is 0 Å². The van der Waals surface area contributed by atoms with Crippen LogP contribution in [0.5, 0.6) is 0 Å². The molecule has 0 spiro atoms. The Morgan fingerprint density at radius 2 is 1.89 bits per heavy atom. The topological polar surface area (TPSA) is 23.8 Å². The second-order valence-electron chi connectivity index (χ2n) is 4.19. The first-order chi connectivity index (χ1) is 9.10. The molecule has 2 aromatic rings. The summed E-state index contributed by atoms with van der Waals surface area (Å²) in [7, 11) is 0. The molecule has 0 aliphatic heterocycles. The highest BCUT2D eigenvalue weighted by Crippen LogP contribution is 2.28. The van der Waals surface area contributed by atoms with Crippen molar-refractivity contribution in [1.29, 1.82) is 5.26 Å². The van der Waals surface area contributed by atoms with Gasteiger partial charge in [0.15, 0.2) is 0 Å². The van der Waals surface area contributed by atoms with Crippen molar-refractivity contribution in [3.05, 3.63) is 69.5 Å². The summed E-state index contributed by atoms with van der Waals surface area (Å²) in [6.07, 6.45) is 0.437. The Labute approximate surface area is 121 Å². The zero-order valence-electron chi connectivity index (χ0n) is 9.91. The lowest BCUT2D eigenvalue weighted by atomic mass is 9.93. The largest absolute Gasteiger partial charge is 0.207 e. The van der Waals surface area contributed by atoms with E-state index in [2.05, 4.69) is 6.07 Å². The molecule has 0 bridgehead atoms.